The molecule has 5 heteroatoms. The highest BCUT2D eigenvalue weighted by Gasteiger charge is 2.08. The summed E-state index contributed by atoms with van der Waals surface area (Å²) in [5, 5.41) is 8.50. The van der Waals surface area contributed by atoms with Gasteiger partial charge in [-0.2, -0.15) is 0 Å². The fourth-order valence-electron chi connectivity index (χ4n) is 0.681. The predicted octanol–water partition coefficient (Wildman–Crippen LogP) is 0.241. The summed E-state index contributed by atoms with van der Waals surface area (Å²) in [6.45, 7) is 0.114. The zero-order valence-corrected chi connectivity index (χ0v) is 6.80. The Morgan fingerprint density at radius 3 is 2.92 bits per heavy atom. The number of thiazole rings is 1. The molecule has 1 N–H and O–H groups in total. The van der Waals surface area contributed by atoms with Crippen LogP contribution in [0, 0.1) is 12.3 Å². The van der Waals surface area contributed by atoms with Gasteiger partial charge in [-0.05, 0) is 0 Å². The van der Waals surface area contributed by atoms with E-state index in [1.807, 2.05) is 0 Å². The number of nitrogens with zero attached hydrogens (tertiary/aromatic N) is 1. The third-order valence-electron chi connectivity index (χ3n) is 1.18. The molecular weight excluding hydrogens is 178 g/mol. The van der Waals surface area contributed by atoms with Gasteiger partial charge in [-0.1, -0.05) is 17.3 Å². The van der Waals surface area contributed by atoms with Gasteiger partial charge in [-0.15, -0.1) is 6.42 Å². The summed E-state index contributed by atoms with van der Waals surface area (Å²) in [5.74, 6) is 1.15. The molecule has 0 spiro atoms. The van der Waals surface area contributed by atoms with Crippen molar-refractivity contribution in [2.75, 3.05) is 0 Å². The number of hydrogen-bond donors (Lipinski definition) is 1. The lowest BCUT2D eigenvalue weighted by molar-refractivity contribution is 0.0701. The third kappa shape index (κ3) is 1.54. The van der Waals surface area contributed by atoms with Crippen LogP contribution in [0.25, 0.3) is 0 Å². The summed E-state index contributed by atoms with van der Waals surface area (Å²) in [6.07, 6.45) is 6.21. The Balaban J connectivity index is 3.11. The van der Waals surface area contributed by atoms with E-state index in [9.17, 15) is 9.59 Å². The van der Waals surface area contributed by atoms with Gasteiger partial charge in [-0.3, -0.25) is 9.36 Å². The molecule has 12 heavy (non-hydrogen) atoms. The van der Waals surface area contributed by atoms with Crippen molar-refractivity contribution in [2.24, 2.45) is 0 Å². The Bertz CT molecular complexity index is 396. The van der Waals surface area contributed by atoms with E-state index in [-0.39, 0.29) is 16.3 Å². The van der Waals surface area contributed by atoms with Gasteiger partial charge in [0.2, 0.25) is 0 Å². The molecule has 62 valence electrons. The van der Waals surface area contributed by atoms with Crippen molar-refractivity contribution in [1.82, 2.24) is 4.57 Å². The molecule has 1 aromatic heterocycles. The van der Waals surface area contributed by atoms with Crippen LogP contribution < -0.4 is 4.87 Å². The van der Waals surface area contributed by atoms with Crippen LogP contribution in [0.2, 0.25) is 0 Å². The number of carbonyl (C=O) groups is 1. The maximum Gasteiger partial charge on any atom is 0.347 e. The Hall–Kier alpha value is -1.54. The van der Waals surface area contributed by atoms with E-state index in [0.29, 0.717) is 11.3 Å². The SMILES string of the molecule is C#CCn1cc(C(=O)O)sc1=O. The minimum absolute atomic E-state index is 0.00949. The van der Waals surface area contributed by atoms with Gasteiger partial charge in [0.25, 0.3) is 0 Å². The van der Waals surface area contributed by atoms with Crippen LogP contribution in [-0.4, -0.2) is 15.6 Å². The van der Waals surface area contributed by atoms with Crippen molar-refractivity contribution in [3.63, 3.8) is 0 Å². The highest BCUT2D eigenvalue weighted by molar-refractivity contribution is 7.11. The molecule has 0 amide bonds. The van der Waals surface area contributed by atoms with Crippen LogP contribution in [0.3, 0.4) is 0 Å². The summed E-state index contributed by atoms with van der Waals surface area (Å²) in [4.78, 5) is 21.0. The molecule has 0 bridgehead atoms. The molecule has 1 heterocycles. The van der Waals surface area contributed by atoms with E-state index in [2.05, 4.69) is 5.92 Å². The van der Waals surface area contributed by atoms with Gasteiger partial charge >= 0.3 is 10.8 Å². The monoisotopic (exact) mass is 183 g/mol. The average Bonchev–Trinajstić information content (AvgIpc) is 2.34. The summed E-state index contributed by atoms with van der Waals surface area (Å²) >= 11 is 0.675. The Kier molecular flexibility index (Phi) is 2.31. The largest absolute Gasteiger partial charge is 0.477 e. The van der Waals surface area contributed by atoms with E-state index in [0.717, 1.165) is 0 Å². The topological polar surface area (TPSA) is 59.3 Å². The quantitative estimate of drug-likeness (QED) is 0.668. The lowest BCUT2D eigenvalue weighted by atomic mass is 10.5. The molecule has 0 aromatic carbocycles. The fourth-order valence-corrected chi connectivity index (χ4v) is 1.37. The van der Waals surface area contributed by atoms with Crippen LogP contribution in [0.15, 0.2) is 11.0 Å². The molecule has 1 aromatic rings. The van der Waals surface area contributed by atoms with Gasteiger partial charge in [-0.25, -0.2) is 4.79 Å². The number of rotatable bonds is 2. The minimum atomic E-state index is -1.10. The zero-order valence-electron chi connectivity index (χ0n) is 5.98. The number of carboxylic acids is 1. The molecule has 0 aliphatic heterocycles. The molecule has 0 aliphatic rings. The van der Waals surface area contributed by atoms with Gasteiger partial charge in [0.05, 0.1) is 6.54 Å². The van der Waals surface area contributed by atoms with Crippen molar-refractivity contribution in [3.05, 3.63) is 20.7 Å². The van der Waals surface area contributed by atoms with Crippen LogP contribution in [0.4, 0.5) is 0 Å². The Morgan fingerprint density at radius 2 is 2.50 bits per heavy atom. The number of aromatic nitrogens is 1. The molecule has 0 atom stereocenters. The lowest BCUT2D eigenvalue weighted by Crippen LogP contribution is -2.10. The standard InChI is InChI=1S/C7H5NO3S/c1-2-3-8-4-5(6(9)10)12-7(8)11/h1,4H,3H2,(H,9,10). The second-order valence-corrected chi connectivity index (χ2v) is 2.99. The first-order valence-electron chi connectivity index (χ1n) is 3.02. The molecule has 0 saturated heterocycles. The number of terminal acetylenes is 1. The van der Waals surface area contributed by atoms with Crippen molar-refractivity contribution >= 4 is 17.3 Å². The maximum absolute atomic E-state index is 11.0. The highest BCUT2D eigenvalue weighted by Crippen LogP contribution is 2.02. The first-order chi connectivity index (χ1) is 5.65. The minimum Gasteiger partial charge on any atom is -0.477 e. The number of hydrogen-bond acceptors (Lipinski definition) is 3. The van der Waals surface area contributed by atoms with Gasteiger partial charge in [0, 0.05) is 6.20 Å². The predicted molar refractivity (Wildman–Crippen MR) is 44.4 cm³/mol. The molecule has 1 rings (SSSR count). The summed E-state index contributed by atoms with van der Waals surface area (Å²) in [7, 11) is 0. The summed E-state index contributed by atoms with van der Waals surface area (Å²) in [5.41, 5.74) is 0. The van der Waals surface area contributed by atoms with Gasteiger partial charge in [0.15, 0.2) is 0 Å². The average molecular weight is 183 g/mol. The molecule has 0 radical (unpaired) electrons. The van der Waals surface area contributed by atoms with Crippen molar-refractivity contribution in [3.8, 4) is 12.3 Å². The normalized spacial score (nSPS) is 9.25. The molecule has 0 unspecified atom stereocenters. The molecule has 0 aliphatic carbocycles. The zero-order chi connectivity index (χ0) is 9.14. The molecular formula is C7H5NO3S. The van der Waals surface area contributed by atoms with E-state index in [4.69, 9.17) is 11.5 Å². The number of aromatic carboxylic acids is 1. The van der Waals surface area contributed by atoms with E-state index >= 15 is 0 Å². The van der Waals surface area contributed by atoms with Crippen molar-refractivity contribution in [1.29, 1.82) is 0 Å². The smallest absolute Gasteiger partial charge is 0.347 e. The van der Waals surface area contributed by atoms with E-state index in [1.165, 1.54) is 10.8 Å². The molecule has 4 nitrogen and oxygen atoms in total. The van der Waals surface area contributed by atoms with Crippen LogP contribution in [0.1, 0.15) is 9.67 Å². The fraction of sp³-hybridized carbons (Fsp3) is 0.143. The molecule has 0 saturated carbocycles. The maximum atomic E-state index is 11.0. The van der Waals surface area contributed by atoms with E-state index < -0.39 is 5.97 Å². The Labute approximate surface area is 72.1 Å². The first kappa shape index (κ1) is 8.56. The lowest BCUT2D eigenvalue weighted by Gasteiger charge is -1.88. The van der Waals surface area contributed by atoms with Crippen LogP contribution >= 0.6 is 11.3 Å². The van der Waals surface area contributed by atoms with Gasteiger partial charge < -0.3 is 5.11 Å². The summed E-state index contributed by atoms with van der Waals surface area (Å²) in [6, 6.07) is 0. The second kappa shape index (κ2) is 3.24. The number of carboxylic acid groups (broad SMARTS) is 1. The van der Waals surface area contributed by atoms with Crippen LogP contribution in [0.5, 0.6) is 0 Å². The van der Waals surface area contributed by atoms with Crippen LogP contribution in [-0.2, 0) is 6.54 Å². The Morgan fingerprint density at radius 1 is 1.83 bits per heavy atom. The van der Waals surface area contributed by atoms with E-state index in [1.54, 1.807) is 0 Å². The highest BCUT2D eigenvalue weighted by atomic mass is 32.1. The van der Waals surface area contributed by atoms with Crippen molar-refractivity contribution in [2.45, 2.75) is 6.54 Å². The first-order valence-corrected chi connectivity index (χ1v) is 3.84. The summed E-state index contributed by atoms with van der Waals surface area (Å²) < 4.78 is 1.19. The van der Waals surface area contributed by atoms with Gasteiger partial charge in [0.1, 0.15) is 4.88 Å². The second-order valence-electron chi connectivity index (χ2n) is 2.00. The van der Waals surface area contributed by atoms with Crippen molar-refractivity contribution < 1.29 is 9.90 Å². The molecule has 0 fully saturated rings. The third-order valence-corrected chi connectivity index (χ3v) is 2.09.